The third kappa shape index (κ3) is 12.1. The van der Waals surface area contributed by atoms with Crippen LogP contribution in [0.5, 0.6) is 11.5 Å². The lowest BCUT2D eigenvalue weighted by molar-refractivity contribution is 0.592. The summed E-state index contributed by atoms with van der Waals surface area (Å²) in [5.74, 6) is 1.97. The molecule has 2 aromatic rings. The predicted octanol–water partition coefficient (Wildman–Crippen LogP) is 7.73. The van der Waals surface area contributed by atoms with Crippen molar-refractivity contribution in [2.45, 2.75) is 39.0 Å². The lowest BCUT2D eigenvalue weighted by atomic mass is 10.3. The molecule has 0 saturated carbocycles. The first-order valence-electron chi connectivity index (χ1n) is 8.37. The van der Waals surface area contributed by atoms with Gasteiger partial charge < -0.3 is 9.05 Å². The van der Waals surface area contributed by atoms with Crippen LogP contribution in [0.1, 0.15) is 27.7 Å². The molecule has 0 fully saturated rings. The fourth-order valence-corrected chi connectivity index (χ4v) is 2.92. The maximum atomic E-state index is 5.97. The molecule has 26 heavy (non-hydrogen) atoms. The number of hydrogen-bond acceptors (Lipinski definition) is 2. The first-order valence-corrected chi connectivity index (χ1v) is 12.0. The van der Waals surface area contributed by atoms with Gasteiger partial charge in [0.2, 0.25) is 0 Å². The van der Waals surface area contributed by atoms with E-state index in [1.165, 1.54) is 0 Å². The monoisotopic (exact) mass is 481 g/mol. The average molecular weight is 483 g/mol. The van der Waals surface area contributed by atoms with Gasteiger partial charge in [0.05, 0.1) is 27.8 Å². The maximum Gasteiger partial charge on any atom is 0.187 e. The van der Waals surface area contributed by atoms with Gasteiger partial charge in [-0.15, -0.1) is 29.4 Å². The summed E-state index contributed by atoms with van der Waals surface area (Å²) in [6.07, 6.45) is 0. The molecule has 0 aromatic heterocycles. The number of benzene rings is 2. The lowest BCUT2D eigenvalue weighted by Crippen LogP contribution is -2.09. The highest BCUT2D eigenvalue weighted by molar-refractivity contribution is 8.93. The zero-order valence-corrected chi connectivity index (χ0v) is 20.9. The fourth-order valence-electron chi connectivity index (χ4n) is 1.53. The molecule has 6 heteroatoms. The second-order valence-corrected chi connectivity index (χ2v) is 12.3. The van der Waals surface area contributed by atoms with E-state index in [-0.39, 0.29) is 29.4 Å². The zero-order chi connectivity index (χ0) is 18.0. The quantitative estimate of drug-likeness (QED) is 0.392. The molecule has 0 heterocycles. The van der Waals surface area contributed by atoms with Crippen molar-refractivity contribution in [1.82, 2.24) is 0 Å². The van der Waals surface area contributed by atoms with Crippen molar-refractivity contribution in [3.8, 4) is 11.5 Å². The summed E-state index contributed by atoms with van der Waals surface area (Å²) in [5, 5.41) is 0. The SMILES string of the molecule is Br.CC(C)POc1ccccc1.CC(C)[P+](C)(C)Oc1ccccc1.Cl. The summed E-state index contributed by atoms with van der Waals surface area (Å²) < 4.78 is 11.5. The second-order valence-electron chi connectivity index (χ2n) is 6.62. The Labute approximate surface area is 178 Å². The highest BCUT2D eigenvalue weighted by Gasteiger charge is 2.32. The van der Waals surface area contributed by atoms with Crippen LogP contribution in [0.15, 0.2) is 60.7 Å². The van der Waals surface area contributed by atoms with E-state index in [4.69, 9.17) is 9.05 Å². The zero-order valence-electron chi connectivity index (χ0n) is 16.5. The molecule has 2 rings (SSSR count). The van der Waals surface area contributed by atoms with E-state index in [1.807, 2.05) is 60.7 Å². The molecule has 0 N–H and O–H groups in total. The molecule has 0 spiro atoms. The van der Waals surface area contributed by atoms with E-state index in [9.17, 15) is 0 Å². The standard InChI is InChI=1S/C11H18OP.C9H13OP.BrH.ClH/c1-10(2)13(3,4)12-11-8-6-5-7-9-11;1-8(2)11-10-9-6-4-3-5-7-9;;/h5-10H,1-4H3;3-8,11H,1-2H3;2*1H/q+1;;;. The van der Waals surface area contributed by atoms with Crippen molar-refractivity contribution in [2.75, 3.05) is 13.3 Å². The van der Waals surface area contributed by atoms with Gasteiger partial charge in [-0.25, -0.2) is 0 Å². The Balaban J connectivity index is 0. The molecule has 0 amide bonds. The summed E-state index contributed by atoms with van der Waals surface area (Å²) in [5.41, 5.74) is 1.24. The molecular weight excluding hydrogens is 450 g/mol. The van der Waals surface area contributed by atoms with E-state index in [0.29, 0.717) is 20.1 Å². The van der Waals surface area contributed by atoms with Gasteiger partial charge in [-0.3, -0.25) is 0 Å². The van der Waals surface area contributed by atoms with Crippen LogP contribution in [0.2, 0.25) is 0 Å². The van der Waals surface area contributed by atoms with Gasteiger partial charge in [-0.1, -0.05) is 50.2 Å². The second kappa shape index (κ2) is 14.7. The van der Waals surface area contributed by atoms with E-state index in [1.54, 1.807) is 0 Å². The molecular formula is C20H33BrClO2P2+. The Hall–Kier alpha value is -0.330. The molecule has 0 bridgehead atoms. The minimum absolute atomic E-state index is 0. The van der Waals surface area contributed by atoms with Crippen LogP contribution >= 0.6 is 45.7 Å². The van der Waals surface area contributed by atoms with Crippen LogP contribution in [0.4, 0.5) is 0 Å². The van der Waals surface area contributed by atoms with Crippen molar-refractivity contribution >= 4 is 45.7 Å². The molecule has 0 aliphatic carbocycles. The molecule has 148 valence electrons. The van der Waals surface area contributed by atoms with E-state index in [2.05, 4.69) is 41.0 Å². The smallest absolute Gasteiger partial charge is 0.187 e. The Morgan fingerprint density at radius 1 is 0.769 bits per heavy atom. The van der Waals surface area contributed by atoms with Gasteiger partial charge in [0.25, 0.3) is 0 Å². The highest BCUT2D eigenvalue weighted by atomic mass is 79.9. The summed E-state index contributed by atoms with van der Waals surface area (Å²) in [4.78, 5) is 0. The van der Waals surface area contributed by atoms with Crippen molar-refractivity contribution in [3.05, 3.63) is 60.7 Å². The van der Waals surface area contributed by atoms with E-state index >= 15 is 0 Å². The van der Waals surface area contributed by atoms with Crippen LogP contribution in [-0.2, 0) is 0 Å². The van der Waals surface area contributed by atoms with Crippen molar-refractivity contribution in [1.29, 1.82) is 0 Å². The summed E-state index contributed by atoms with van der Waals surface area (Å²) in [7, 11) is -0.670. The average Bonchev–Trinajstić information content (AvgIpc) is 2.55. The number of rotatable bonds is 6. The van der Waals surface area contributed by atoms with E-state index < -0.39 is 7.49 Å². The Morgan fingerprint density at radius 3 is 1.58 bits per heavy atom. The van der Waals surface area contributed by atoms with Crippen LogP contribution < -0.4 is 9.05 Å². The van der Waals surface area contributed by atoms with Gasteiger partial charge in [-0.2, -0.15) is 0 Å². The third-order valence-electron chi connectivity index (χ3n) is 3.48. The van der Waals surface area contributed by atoms with Gasteiger partial charge >= 0.3 is 0 Å². The number of hydrogen-bond donors (Lipinski definition) is 0. The molecule has 0 saturated heterocycles. The van der Waals surface area contributed by atoms with Crippen molar-refractivity contribution in [2.24, 2.45) is 0 Å². The number of para-hydroxylation sites is 2. The maximum absolute atomic E-state index is 5.97. The molecule has 0 radical (unpaired) electrons. The van der Waals surface area contributed by atoms with Gasteiger partial charge in [0.15, 0.2) is 13.2 Å². The van der Waals surface area contributed by atoms with Gasteiger partial charge in [0.1, 0.15) is 5.75 Å². The predicted molar refractivity (Wildman–Crippen MR) is 129 cm³/mol. The van der Waals surface area contributed by atoms with Crippen LogP contribution in [0, 0.1) is 0 Å². The molecule has 2 nitrogen and oxygen atoms in total. The van der Waals surface area contributed by atoms with Crippen molar-refractivity contribution in [3.63, 3.8) is 0 Å². The Morgan fingerprint density at radius 2 is 1.19 bits per heavy atom. The normalized spacial score (nSPS) is 10.6. The third-order valence-corrected chi connectivity index (χ3v) is 7.48. The topological polar surface area (TPSA) is 18.5 Å². The molecule has 2 aromatic carbocycles. The van der Waals surface area contributed by atoms with Crippen LogP contribution in [0.3, 0.4) is 0 Å². The largest absolute Gasteiger partial charge is 0.477 e. The number of halogens is 2. The fraction of sp³-hybridized carbons (Fsp3) is 0.400. The minimum Gasteiger partial charge on any atom is -0.477 e. The highest BCUT2D eigenvalue weighted by Crippen LogP contribution is 2.56. The molecule has 0 aliphatic heterocycles. The molecule has 0 aliphatic rings. The van der Waals surface area contributed by atoms with Gasteiger partial charge in [-0.05, 0) is 38.1 Å². The Kier molecular flexibility index (Phi) is 15.8. The van der Waals surface area contributed by atoms with Crippen molar-refractivity contribution < 1.29 is 9.05 Å². The van der Waals surface area contributed by atoms with E-state index in [0.717, 1.165) is 11.5 Å². The summed E-state index contributed by atoms with van der Waals surface area (Å²) in [6, 6.07) is 20.0. The lowest BCUT2D eigenvalue weighted by Gasteiger charge is -2.21. The summed E-state index contributed by atoms with van der Waals surface area (Å²) in [6.45, 7) is 13.2. The Bertz CT molecular complexity index is 567. The van der Waals surface area contributed by atoms with Crippen LogP contribution in [0.25, 0.3) is 0 Å². The minimum atomic E-state index is -1.24. The summed E-state index contributed by atoms with van der Waals surface area (Å²) >= 11 is 0. The first kappa shape index (κ1) is 27.9. The molecule has 1 unspecified atom stereocenters. The van der Waals surface area contributed by atoms with Crippen LogP contribution in [-0.4, -0.2) is 24.6 Å². The first-order chi connectivity index (χ1) is 11.3. The van der Waals surface area contributed by atoms with Gasteiger partial charge in [0, 0.05) is 5.66 Å². The molecule has 1 atom stereocenters.